The van der Waals surface area contributed by atoms with E-state index in [1.807, 2.05) is 86.6 Å². The van der Waals surface area contributed by atoms with E-state index in [-0.39, 0.29) is 0 Å². The molecule has 4 heteroatoms. The molecule has 0 saturated carbocycles. The number of hydrogen-bond donors (Lipinski definition) is 0. The normalized spacial score (nSPS) is 10.1. The maximum atomic E-state index is 6.22. The first-order valence-electron chi connectivity index (χ1n) is 11.9. The van der Waals surface area contributed by atoms with Crippen LogP contribution < -0.4 is 9.80 Å². The second-order valence-electron chi connectivity index (χ2n) is 7.61. The Morgan fingerprint density at radius 2 is 0.743 bits per heavy atom. The highest BCUT2D eigenvalue weighted by Gasteiger charge is 2.20. The van der Waals surface area contributed by atoms with Gasteiger partial charge in [-0.05, 0) is 62.4 Å². The van der Waals surface area contributed by atoms with E-state index in [9.17, 15) is 0 Å². The summed E-state index contributed by atoms with van der Waals surface area (Å²) in [6.07, 6.45) is 0. The van der Waals surface area contributed by atoms with Crippen molar-refractivity contribution in [2.45, 2.75) is 13.8 Å². The summed E-state index contributed by atoms with van der Waals surface area (Å²) in [5, 5.41) is 0. The van der Waals surface area contributed by atoms with Gasteiger partial charge in [-0.1, -0.05) is 72.8 Å². The minimum atomic E-state index is 0.481. The summed E-state index contributed by atoms with van der Waals surface area (Å²) in [6.45, 7) is 4.91. The van der Waals surface area contributed by atoms with Crippen LogP contribution >= 0.6 is 0 Å². The minimum absolute atomic E-state index is 0.481. The van der Waals surface area contributed by atoms with E-state index < -0.39 is 0 Å². The van der Waals surface area contributed by atoms with Gasteiger partial charge < -0.3 is 9.47 Å². The molecule has 0 aliphatic rings. The van der Waals surface area contributed by atoms with Gasteiger partial charge in [-0.3, -0.25) is 9.80 Å². The second-order valence-corrected chi connectivity index (χ2v) is 7.61. The fourth-order valence-electron chi connectivity index (χ4n) is 3.75. The van der Waals surface area contributed by atoms with Crippen LogP contribution in [0, 0.1) is 0 Å². The second kappa shape index (κ2) is 12.2. The Bertz CT molecular complexity index is 1060. The maximum absolute atomic E-state index is 6.22. The monoisotopic (exact) mass is 462 g/mol. The Kier molecular flexibility index (Phi) is 8.26. The Hall–Kier alpha value is -4.40. The third kappa shape index (κ3) is 5.94. The fraction of sp³-hybridized carbons (Fsp3) is 0.129. The van der Waals surface area contributed by atoms with Gasteiger partial charge in [-0.15, -0.1) is 0 Å². The Labute approximate surface area is 208 Å². The van der Waals surface area contributed by atoms with Crippen molar-refractivity contribution in [1.82, 2.24) is 0 Å². The SMILES string of the molecule is CCOC(=C=C(OCC)N(c1ccccc1)c1ccccc1)N(c1ccccc1)c1ccccc1. The van der Waals surface area contributed by atoms with E-state index in [0.29, 0.717) is 25.0 Å². The van der Waals surface area contributed by atoms with E-state index in [4.69, 9.17) is 9.47 Å². The lowest BCUT2D eigenvalue weighted by Gasteiger charge is -2.28. The Morgan fingerprint density at radius 1 is 0.486 bits per heavy atom. The highest BCUT2D eigenvalue weighted by Crippen LogP contribution is 2.33. The molecule has 176 valence electrons. The van der Waals surface area contributed by atoms with Crippen LogP contribution in [0.3, 0.4) is 0 Å². The lowest BCUT2D eigenvalue weighted by atomic mass is 10.2. The van der Waals surface area contributed by atoms with E-state index in [1.54, 1.807) is 0 Å². The van der Waals surface area contributed by atoms with E-state index in [2.05, 4.69) is 64.1 Å². The summed E-state index contributed by atoms with van der Waals surface area (Å²) in [7, 11) is 0. The first-order valence-corrected chi connectivity index (χ1v) is 11.9. The molecule has 0 atom stereocenters. The van der Waals surface area contributed by atoms with Crippen molar-refractivity contribution < 1.29 is 9.47 Å². The first-order chi connectivity index (χ1) is 17.3. The van der Waals surface area contributed by atoms with Crippen LogP contribution in [0.2, 0.25) is 0 Å². The van der Waals surface area contributed by atoms with Crippen molar-refractivity contribution in [2.75, 3.05) is 23.0 Å². The molecular weight excluding hydrogens is 432 g/mol. The zero-order chi connectivity index (χ0) is 24.3. The molecule has 0 fully saturated rings. The lowest BCUT2D eigenvalue weighted by Crippen LogP contribution is -2.21. The summed E-state index contributed by atoms with van der Waals surface area (Å²) in [4.78, 5) is 4.10. The zero-order valence-corrected chi connectivity index (χ0v) is 20.2. The number of hydrogen-bond acceptors (Lipinski definition) is 4. The van der Waals surface area contributed by atoms with Crippen LogP contribution in [0.1, 0.15) is 13.8 Å². The van der Waals surface area contributed by atoms with E-state index in [1.165, 1.54) is 0 Å². The first kappa shape index (κ1) is 23.7. The molecule has 0 unspecified atom stereocenters. The average molecular weight is 463 g/mol. The third-order valence-electron chi connectivity index (χ3n) is 5.24. The van der Waals surface area contributed by atoms with E-state index in [0.717, 1.165) is 22.7 Å². The van der Waals surface area contributed by atoms with Gasteiger partial charge in [-0.25, -0.2) is 0 Å². The minimum Gasteiger partial charge on any atom is -0.473 e. The summed E-state index contributed by atoms with van der Waals surface area (Å²) >= 11 is 0. The molecule has 4 aromatic carbocycles. The predicted octanol–water partition coefficient (Wildman–Crippen LogP) is 8.02. The van der Waals surface area contributed by atoms with Crippen LogP contribution in [-0.2, 0) is 9.47 Å². The molecule has 0 aromatic heterocycles. The predicted molar refractivity (Wildman–Crippen MR) is 144 cm³/mol. The molecule has 0 spiro atoms. The van der Waals surface area contributed by atoms with Crippen LogP contribution in [0.15, 0.2) is 139 Å². The summed E-state index contributed by atoms with van der Waals surface area (Å²) < 4.78 is 12.4. The fourth-order valence-corrected chi connectivity index (χ4v) is 3.75. The number of benzene rings is 4. The molecular formula is C31H30N2O2. The van der Waals surface area contributed by atoms with Crippen molar-refractivity contribution in [1.29, 1.82) is 0 Å². The molecule has 0 radical (unpaired) electrons. The summed E-state index contributed by atoms with van der Waals surface area (Å²) in [5.41, 5.74) is 7.37. The molecule has 35 heavy (non-hydrogen) atoms. The van der Waals surface area contributed by atoms with Gasteiger partial charge in [0.15, 0.2) is 0 Å². The van der Waals surface area contributed by atoms with Crippen LogP contribution in [-0.4, -0.2) is 13.2 Å². The molecule has 0 aliphatic heterocycles. The Morgan fingerprint density at radius 3 is 0.971 bits per heavy atom. The lowest BCUT2D eigenvalue weighted by molar-refractivity contribution is 0.212. The number of anilines is 4. The van der Waals surface area contributed by atoms with Gasteiger partial charge in [0.25, 0.3) is 11.8 Å². The quantitative estimate of drug-likeness (QED) is 0.176. The Balaban J connectivity index is 1.97. The average Bonchev–Trinajstić information content (AvgIpc) is 2.92. The molecule has 0 aliphatic carbocycles. The maximum Gasteiger partial charge on any atom is 0.250 e. The van der Waals surface area contributed by atoms with Gasteiger partial charge in [0.05, 0.1) is 13.2 Å². The topological polar surface area (TPSA) is 24.9 Å². The van der Waals surface area contributed by atoms with Gasteiger partial charge >= 0.3 is 0 Å². The standard InChI is InChI=1S/C31H30N2O2/c1-3-34-30(32(26-17-9-5-10-18-26)27-19-11-6-12-20-27)25-31(35-4-2)33(28-21-13-7-14-22-28)29-23-15-8-16-24-29/h5-24H,3-4H2,1-2H3. The van der Waals surface area contributed by atoms with Crippen molar-refractivity contribution in [3.05, 3.63) is 139 Å². The van der Waals surface area contributed by atoms with Gasteiger partial charge in [0, 0.05) is 28.5 Å². The number of rotatable bonds is 10. The van der Waals surface area contributed by atoms with Crippen molar-refractivity contribution in [3.63, 3.8) is 0 Å². The number of nitrogens with zero attached hydrogens (tertiary/aromatic N) is 2. The van der Waals surface area contributed by atoms with Crippen LogP contribution in [0.25, 0.3) is 0 Å². The van der Waals surface area contributed by atoms with Crippen molar-refractivity contribution in [2.24, 2.45) is 0 Å². The molecule has 0 saturated heterocycles. The largest absolute Gasteiger partial charge is 0.473 e. The summed E-state index contributed by atoms with van der Waals surface area (Å²) in [5.74, 6) is 1.09. The molecule has 4 nitrogen and oxygen atoms in total. The molecule has 4 aromatic rings. The molecule has 0 bridgehead atoms. The van der Waals surface area contributed by atoms with Crippen LogP contribution in [0.4, 0.5) is 22.7 Å². The van der Waals surface area contributed by atoms with Crippen molar-refractivity contribution in [3.8, 4) is 0 Å². The molecule has 0 heterocycles. The number of para-hydroxylation sites is 4. The summed E-state index contributed by atoms with van der Waals surface area (Å²) in [6, 6.07) is 40.6. The van der Waals surface area contributed by atoms with Gasteiger partial charge in [-0.2, -0.15) is 0 Å². The molecule has 0 amide bonds. The third-order valence-corrected chi connectivity index (χ3v) is 5.24. The number of ether oxygens (including phenoxy) is 2. The smallest absolute Gasteiger partial charge is 0.250 e. The highest BCUT2D eigenvalue weighted by molar-refractivity contribution is 5.69. The molecule has 0 N–H and O–H groups in total. The van der Waals surface area contributed by atoms with E-state index >= 15 is 0 Å². The van der Waals surface area contributed by atoms with Crippen molar-refractivity contribution >= 4 is 22.7 Å². The molecule has 4 rings (SSSR count). The van der Waals surface area contributed by atoms with Gasteiger partial charge in [0.2, 0.25) is 0 Å². The highest BCUT2D eigenvalue weighted by atomic mass is 16.5. The zero-order valence-electron chi connectivity index (χ0n) is 20.2. The van der Waals surface area contributed by atoms with Gasteiger partial charge in [0.1, 0.15) is 0 Å². The van der Waals surface area contributed by atoms with Crippen LogP contribution in [0.5, 0.6) is 0 Å².